The molecule has 0 radical (unpaired) electrons. The van der Waals surface area contributed by atoms with Gasteiger partial charge in [0.25, 0.3) is 5.95 Å². The second-order valence-corrected chi connectivity index (χ2v) is 7.46. The quantitative estimate of drug-likeness (QED) is 0.503. The number of anilines is 2. The molecule has 9 heteroatoms. The van der Waals surface area contributed by atoms with E-state index < -0.39 is 17.5 Å². The Balaban J connectivity index is 1.51. The molecule has 0 saturated carbocycles. The lowest BCUT2D eigenvalue weighted by molar-refractivity contribution is -0.114. The Morgan fingerprint density at radius 1 is 0.939 bits per heavy atom. The lowest BCUT2D eigenvalue weighted by Crippen LogP contribution is -2.37. The standard InChI is InChI=1S/C24H18F2N6O/c25-19-12-11-18(13-20(19)26)27-23(33)15-31-21(16-7-3-1-4-8-16)14-22(17-9-5-2-6-10-17)32-24(31)28-29-30-32/h1-14,22H,15H2,(H,27,33)/t22-/m1/s1. The van der Waals surface area contributed by atoms with Crippen LogP contribution < -0.4 is 10.2 Å². The molecular weight excluding hydrogens is 426 g/mol. The average molecular weight is 444 g/mol. The number of hydrogen-bond acceptors (Lipinski definition) is 5. The Hall–Kier alpha value is -4.40. The van der Waals surface area contributed by atoms with Crippen LogP contribution in [-0.4, -0.2) is 32.7 Å². The highest BCUT2D eigenvalue weighted by Gasteiger charge is 2.31. The predicted molar refractivity (Wildman–Crippen MR) is 119 cm³/mol. The molecule has 4 aromatic rings. The van der Waals surface area contributed by atoms with Crippen molar-refractivity contribution in [2.24, 2.45) is 0 Å². The molecule has 0 fully saturated rings. The Morgan fingerprint density at radius 3 is 2.39 bits per heavy atom. The molecule has 1 aliphatic heterocycles. The molecule has 0 aliphatic carbocycles. The number of tetrazole rings is 1. The van der Waals surface area contributed by atoms with Crippen LogP contribution in [0.15, 0.2) is 84.9 Å². The summed E-state index contributed by atoms with van der Waals surface area (Å²) in [4.78, 5) is 14.6. The molecule has 0 unspecified atom stereocenters. The summed E-state index contributed by atoms with van der Waals surface area (Å²) in [7, 11) is 0. The summed E-state index contributed by atoms with van der Waals surface area (Å²) in [5, 5.41) is 14.8. The molecule has 0 spiro atoms. The van der Waals surface area contributed by atoms with Crippen molar-refractivity contribution in [3.8, 4) is 0 Å². The van der Waals surface area contributed by atoms with E-state index in [1.54, 1.807) is 9.58 Å². The van der Waals surface area contributed by atoms with Gasteiger partial charge in [-0.1, -0.05) is 65.8 Å². The van der Waals surface area contributed by atoms with Crippen LogP contribution in [-0.2, 0) is 4.79 Å². The minimum atomic E-state index is -1.04. The molecule has 1 N–H and O–H groups in total. The van der Waals surface area contributed by atoms with Crippen LogP contribution in [0.5, 0.6) is 0 Å². The van der Waals surface area contributed by atoms with Gasteiger partial charge in [0.2, 0.25) is 5.91 Å². The number of hydrogen-bond donors (Lipinski definition) is 1. The van der Waals surface area contributed by atoms with Gasteiger partial charge in [-0.3, -0.25) is 9.69 Å². The molecule has 2 heterocycles. The van der Waals surface area contributed by atoms with E-state index in [0.717, 1.165) is 29.0 Å². The number of benzene rings is 3. The van der Waals surface area contributed by atoms with Crippen molar-refractivity contribution in [1.82, 2.24) is 20.2 Å². The number of nitrogens with zero attached hydrogens (tertiary/aromatic N) is 5. The van der Waals surface area contributed by atoms with Crippen molar-refractivity contribution in [2.45, 2.75) is 6.04 Å². The highest BCUT2D eigenvalue weighted by molar-refractivity contribution is 5.97. The summed E-state index contributed by atoms with van der Waals surface area (Å²) < 4.78 is 28.4. The summed E-state index contributed by atoms with van der Waals surface area (Å²) in [6.45, 7) is -0.137. The maximum Gasteiger partial charge on any atom is 0.251 e. The number of carbonyl (C=O) groups excluding carboxylic acids is 1. The minimum Gasteiger partial charge on any atom is -0.324 e. The zero-order valence-corrected chi connectivity index (χ0v) is 17.3. The topological polar surface area (TPSA) is 75.9 Å². The summed E-state index contributed by atoms with van der Waals surface area (Å²) in [6.07, 6.45) is 2.00. The molecule has 0 saturated heterocycles. The van der Waals surface area contributed by atoms with Crippen LogP contribution >= 0.6 is 0 Å². The fourth-order valence-electron chi connectivity index (χ4n) is 3.79. The second-order valence-electron chi connectivity index (χ2n) is 7.46. The summed E-state index contributed by atoms with van der Waals surface area (Å²) in [6, 6.07) is 22.3. The van der Waals surface area contributed by atoms with Crippen molar-refractivity contribution in [3.05, 3.63) is 108 Å². The van der Waals surface area contributed by atoms with Gasteiger partial charge >= 0.3 is 0 Å². The molecule has 1 aliphatic rings. The van der Waals surface area contributed by atoms with Gasteiger partial charge in [0.05, 0.1) is 5.70 Å². The fourth-order valence-corrected chi connectivity index (χ4v) is 3.79. The second kappa shape index (κ2) is 8.62. The van der Waals surface area contributed by atoms with Crippen molar-refractivity contribution >= 4 is 23.2 Å². The molecule has 1 amide bonds. The number of amides is 1. The highest BCUT2D eigenvalue weighted by atomic mass is 19.2. The predicted octanol–water partition coefficient (Wildman–Crippen LogP) is 4.04. The number of rotatable bonds is 5. The summed E-state index contributed by atoms with van der Waals surface area (Å²) in [5.41, 5.74) is 2.79. The van der Waals surface area contributed by atoms with Crippen molar-refractivity contribution in [1.29, 1.82) is 0 Å². The third-order valence-corrected chi connectivity index (χ3v) is 5.30. The Kier molecular flexibility index (Phi) is 5.35. The minimum absolute atomic E-state index is 0.137. The molecule has 1 atom stereocenters. The van der Waals surface area contributed by atoms with E-state index in [2.05, 4.69) is 20.8 Å². The van der Waals surface area contributed by atoms with E-state index >= 15 is 0 Å². The SMILES string of the molecule is O=C(CN1C(c2ccccc2)=C[C@H](c2ccccc2)n2nnnc21)Nc1ccc(F)c(F)c1. The van der Waals surface area contributed by atoms with E-state index in [0.29, 0.717) is 5.95 Å². The Morgan fingerprint density at radius 2 is 1.67 bits per heavy atom. The lowest BCUT2D eigenvalue weighted by Gasteiger charge is -2.32. The molecule has 33 heavy (non-hydrogen) atoms. The third-order valence-electron chi connectivity index (χ3n) is 5.30. The van der Waals surface area contributed by atoms with Crippen LogP contribution in [0.2, 0.25) is 0 Å². The zero-order chi connectivity index (χ0) is 22.8. The van der Waals surface area contributed by atoms with Gasteiger partial charge in [-0.15, -0.1) is 0 Å². The first-order valence-electron chi connectivity index (χ1n) is 10.2. The number of aromatic nitrogens is 4. The molecular formula is C24H18F2N6O. The normalized spacial score (nSPS) is 15.0. The van der Waals surface area contributed by atoms with E-state index in [-0.39, 0.29) is 18.3 Å². The first-order valence-corrected chi connectivity index (χ1v) is 10.2. The van der Waals surface area contributed by atoms with Crippen LogP contribution in [0.4, 0.5) is 20.4 Å². The fraction of sp³-hybridized carbons (Fsp3) is 0.0833. The molecule has 7 nitrogen and oxygen atoms in total. The Labute approximate surface area is 188 Å². The van der Waals surface area contributed by atoms with Gasteiger partial charge in [-0.2, -0.15) is 4.68 Å². The lowest BCUT2D eigenvalue weighted by atomic mass is 10.0. The van der Waals surface area contributed by atoms with Gasteiger partial charge in [0, 0.05) is 11.8 Å². The van der Waals surface area contributed by atoms with Gasteiger partial charge in [-0.05, 0) is 39.8 Å². The summed E-state index contributed by atoms with van der Waals surface area (Å²) in [5.74, 6) is -2.06. The molecule has 0 bridgehead atoms. The number of fused-ring (bicyclic) bond motifs is 1. The van der Waals surface area contributed by atoms with Crippen molar-refractivity contribution in [2.75, 3.05) is 16.8 Å². The monoisotopic (exact) mass is 444 g/mol. The van der Waals surface area contributed by atoms with Crippen LogP contribution in [0, 0.1) is 11.6 Å². The molecule has 5 rings (SSSR count). The van der Waals surface area contributed by atoms with Crippen LogP contribution in [0.1, 0.15) is 17.2 Å². The van der Waals surface area contributed by atoms with Gasteiger partial charge in [0.1, 0.15) is 12.6 Å². The molecule has 164 valence electrons. The largest absolute Gasteiger partial charge is 0.324 e. The number of nitrogens with one attached hydrogen (secondary N) is 1. The number of halogens is 2. The Bertz CT molecular complexity index is 1320. The first kappa shape index (κ1) is 20.5. The van der Waals surface area contributed by atoms with Gasteiger partial charge < -0.3 is 5.32 Å². The average Bonchev–Trinajstić information content (AvgIpc) is 3.33. The maximum absolute atomic E-state index is 13.6. The van der Waals surface area contributed by atoms with Gasteiger partial charge in [-0.25, -0.2) is 8.78 Å². The van der Waals surface area contributed by atoms with Crippen LogP contribution in [0.25, 0.3) is 5.70 Å². The van der Waals surface area contributed by atoms with Gasteiger partial charge in [0.15, 0.2) is 11.6 Å². The van der Waals surface area contributed by atoms with Crippen molar-refractivity contribution < 1.29 is 13.6 Å². The molecule has 1 aromatic heterocycles. The number of carbonyl (C=O) groups is 1. The number of allylic oxidation sites excluding steroid dienone is 1. The maximum atomic E-state index is 13.6. The van der Waals surface area contributed by atoms with E-state index in [9.17, 15) is 13.6 Å². The summed E-state index contributed by atoms with van der Waals surface area (Å²) >= 11 is 0. The molecule has 3 aromatic carbocycles. The van der Waals surface area contributed by atoms with E-state index in [4.69, 9.17) is 0 Å². The van der Waals surface area contributed by atoms with E-state index in [1.807, 2.05) is 66.7 Å². The smallest absolute Gasteiger partial charge is 0.251 e. The third kappa shape index (κ3) is 4.08. The van der Waals surface area contributed by atoms with E-state index in [1.165, 1.54) is 6.07 Å². The zero-order valence-electron chi connectivity index (χ0n) is 17.3. The highest BCUT2D eigenvalue weighted by Crippen LogP contribution is 2.36. The first-order chi connectivity index (χ1) is 16.1. The van der Waals surface area contributed by atoms with Crippen molar-refractivity contribution in [3.63, 3.8) is 0 Å². The van der Waals surface area contributed by atoms with Crippen LogP contribution in [0.3, 0.4) is 0 Å².